The Balaban J connectivity index is 1.97. The SMILES string of the molecule is COC[C@H](NC(=O)c1csc(I)c1)[C@H]1CCCO1. The van der Waals surface area contributed by atoms with Gasteiger partial charge in [-0.15, -0.1) is 11.3 Å². The first kappa shape index (κ1) is 14.2. The molecule has 2 rings (SSSR count). The molecule has 0 saturated carbocycles. The summed E-state index contributed by atoms with van der Waals surface area (Å²) in [4.78, 5) is 12.1. The van der Waals surface area contributed by atoms with E-state index in [1.807, 2.05) is 11.4 Å². The van der Waals surface area contributed by atoms with Crippen LogP contribution in [0.1, 0.15) is 23.2 Å². The van der Waals surface area contributed by atoms with Gasteiger partial charge in [0.1, 0.15) is 0 Å². The van der Waals surface area contributed by atoms with E-state index in [1.54, 1.807) is 18.4 Å². The molecule has 2 atom stereocenters. The minimum atomic E-state index is -0.0671. The number of carbonyl (C=O) groups excluding carboxylic acids is 1. The standard InChI is InChI=1S/C12H16INO3S/c1-16-6-9(10-3-2-4-17-10)14-12(15)8-5-11(13)18-7-8/h5,7,9-10H,2-4,6H2,1H3,(H,14,15)/t9-,10+/m0/s1. The number of hydrogen-bond acceptors (Lipinski definition) is 4. The summed E-state index contributed by atoms with van der Waals surface area (Å²) in [5, 5.41) is 4.88. The van der Waals surface area contributed by atoms with Gasteiger partial charge in [0.2, 0.25) is 0 Å². The van der Waals surface area contributed by atoms with Gasteiger partial charge in [-0.05, 0) is 41.5 Å². The van der Waals surface area contributed by atoms with Crippen LogP contribution in [0.15, 0.2) is 11.4 Å². The molecular formula is C12H16INO3S. The molecule has 2 heterocycles. The van der Waals surface area contributed by atoms with Crippen molar-refractivity contribution in [2.24, 2.45) is 0 Å². The quantitative estimate of drug-likeness (QED) is 0.797. The Kier molecular flexibility index (Phi) is 5.40. The second kappa shape index (κ2) is 6.83. The lowest BCUT2D eigenvalue weighted by Gasteiger charge is -2.23. The molecule has 0 aromatic carbocycles. The van der Waals surface area contributed by atoms with Gasteiger partial charge in [0, 0.05) is 19.1 Å². The number of carbonyl (C=O) groups is 1. The maximum absolute atomic E-state index is 12.1. The van der Waals surface area contributed by atoms with Crippen LogP contribution < -0.4 is 5.32 Å². The van der Waals surface area contributed by atoms with Crippen molar-refractivity contribution in [2.45, 2.75) is 25.0 Å². The van der Waals surface area contributed by atoms with Gasteiger partial charge >= 0.3 is 0 Å². The van der Waals surface area contributed by atoms with E-state index in [0.717, 1.165) is 22.3 Å². The topological polar surface area (TPSA) is 47.6 Å². The number of ether oxygens (including phenoxy) is 2. The molecule has 6 heteroatoms. The normalized spacial score (nSPS) is 20.9. The van der Waals surface area contributed by atoms with Gasteiger partial charge in [-0.2, -0.15) is 0 Å². The molecule has 1 aromatic rings. The van der Waals surface area contributed by atoms with Crippen LogP contribution in [0, 0.1) is 2.88 Å². The van der Waals surface area contributed by atoms with Crippen molar-refractivity contribution in [3.05, 3.63) is 19.9 Å². The summed E-state index contributed by atoms with van der Waals surface area (Å²) < 4.78 is 11.9. The van der Waals surface area contributed by atoms with Crippen molar-refractivity contribution in [2.75, 3.05) is 20.3 Å². The molecule has 1 N–H and O–H groups in total. The average Bonchev–Trinajstić information content (AvgIpc) is 2.98. The Bertz CT molecular complexity index is 404. The number of methoxy groups -OCH3 is 1. The van der Waals surface area contributed by atoms with Crippen LogP contribution in [0.25, 0.3) is 0 Å². The largest absolute Gasteiger partial charge is 0.382 e. The zero-order chi connectivity index (χ0) is 13.0. The fourth-order valence-corrected chi connectivity index (χ4v) is 3.35. The van der Waals surface area contributed by atoms with Gasteiger partial charge in [-0.25, -0.2) is 0 Å². The fourth-order valence-electron chi connectivity index (χ4n) is 2.02. The van der Waals surface area contributed by atoms with Crippen LogP contribution in [0.2, 0.25) is 0 Å². The Morgan fingerprint density at radius 3 is 3.17 bits per heavy atom. The van der Waals surface area contributed by atoms with Gasteiger partial charge in [-0.1, -0.05) is 0 Å². The summed E-state index contributed by atoms with van der Waals surface area (Å²) in [6, 6.07) is 1.82. The van der Waals surface area contributed by atoms with Gasteiger partial charge in [0.05, 0.1) is 27.2 Å². The highest BCUT2D eigenvalue weighted by Gasteiger charge is 2.27. The Morgan fingerprint density at radius 1 is 1.78 bits per heavy atom. The second-order valence-electron chi connectivity index (χ2n) is 4.23. The van der Waals surface area contributed by atoms with E-state index >= 15 is 0 Å². The highest BCUT2D eigenvalue weighted by atomic mass is 127. The summed E-state index contributed by atoms with van der Waals surface area (Å²) in [7, 11) is 1.64. The van der Waals surface area contributed by atoms with Crippen molar-refractivity contribution in [3.8, 4) is 0 Å². The first-order chi connectivity index (χ1) is 8.70. The molecule has 1 saturated heterocycles. The van der Waals surface area contributed by atoms with Crippen molar-refractivity contribution in [1.29, 1.82) is 0 Å². The summed E-state index contributed by atoms with van der Waals surface area (Å²) >= 11 is 3.78. The summed E-state index contributed by atoms with van der Waals surface area (Å²) in [5.74, 6) is -0.0493. The lowest BCUT2D eigenvalue weighted by Crippen LogP contribution is -2.46. The zero-order valence-corrected chi connectivity index (χ0v) is 13.1. The van der Waals surface area contributed by atoms with Crippen LogP contribution in [-0.4, -0.2) is 38.4 Å². The van der Waals surface area contributed by atoms with Gasteiger partial charge in [-0.3, -0.25) is 4.79 Å². The summed E-state index contributed by atoms with van der Waals surface area (Å²) in [6.07, 6.45) is 2.11. The minimum Gasteiger partial charge on any atom is -0.382 e. The van der Waals surface area contributed by atoms with Crippen LogP contribution in [0.3, 0.4) is 0 Å². The number of amides is 1. The van der Waals surface area contributed by atoms with E-state index in [9.17, 15) is 4.79 Å². The smallest absolute Gasteiger partial charge is 0.252 e. The predicted molar refractivity (Wildman–Crippen MR) is 79.1 cm³/mol. The van der Waals surface area contributed by atoms with E-state index < -0.39 is 0 Å². The molecule has 1 aromatic heterocycles. The van der Waals surface area contributed by atoms with Gasteiger partial charge in [0.25, 0.3) is 5.91 Å². The molecule has 1 aliphatic heterocycles. The van der Waals surface area contributed by atoms with Crippen LogP contribution >= 0.6 is 33.9 Å². The van der Waals surface area contributed by atoms with Crippen molar-refractivity contribution in [1.82, 2.24) is 5.32 Å². The molecule has 1 aliphatic rings. The Labute approximate surface area is 124 Å². The van der Waals surface area contributed by atoms with E-state index in [2.05, 4.69) is 27.9 Å². The summed E-state index contributed by atoms with van der Waals surface area (Å²) in [5.41, 5.74) is 0.712. The van der Waals surface area contributed by atoms with Crippen LogP contribution in [-0.2, 0) is 9.47 Å². The Hall–Kier alpha value is -0.180. The molecular weight excluding hydrogens is 365 g/mol. The fraction of sp³-hybridized carbons (Fsp3) is 0.583. The molecule has 18 heavy (non-hydrogen) atoms. The number of thiophene rings is 1. The van der Waals surface area contributed by atoms with Crippen LogP contribution in [0.5, 0.6) is 0 Å². The highest BCUT2D eigenvalue weighted by Crippen LogP contribution is 2.19. The third kappa shape index (κ3) is 3.66. The van der Waals surface area contributed by atoms with Gasteiger partial charge < -0.3 is 14.8 Å². The molecule has 1 fully saturated rings. The number of halogens is 1. The molecule has 0 bridgehead atoms. The maximum Gasteiger partial charge on any atom is 0.252 e. The predicted octanol–water partition coefficient (Wildman–Crippen LogP) is 2.28. The second-order valence-corrected chi connectivity index (χ2v) is 7.03. The van der Waals surface area contributed by atoms with E-state index in [1.165, 1.54) is 0 Å². The van der Waals surface area contributed by atoms with Gasteiger partial charge in [0.15, 0.2) is 0 Å². The monoisotopic (exact) mass is 381 g/mol. The molecule has 4 nitrogen and oxygen atoms in total. The Morgan fingerprint density at radius 2 is 2.61 bits per heavy atom. The molecule has 0 radical (unpaired) electrons. The maximum atomic E-state index is 12.1. The molecule has 1 amide bonds. The highest BCUT2D eigenvalue weighted by molar-refractivity contribution is 14.1. The number of hydrogen-bond donors (Lipinski definition) is 1. The first-order valence-corrected chi connectivity index (χ1v) is 7.82. The lowest BCUT2D eigenvalue weighted by atomic mass is 10.1. The van der Waals surface area contributed by atoms with E-state index in [4.69, 9.17) is 9.47 Å². The van der Waals surface area contributed by atoms with E-state index in [0.29, 0.717) is 12.2 Å². The molecule has 0 spiro atoms. The van der Waals surface area contributed by atoms with Crippen molar-refractivity contribution < 1.29 is 14.3 Å². The first-order valence-electron chi connectivity index (χ1n) is 5.86. The van der Waals surface area contributed by atoms with Crippen LogP contribution in [0.4, 0.5) is 0 Å². The molecule has 0 unspecified atom stereocenters. The average molecular weight is 381 g/mol. The number of rotatable bonds is 5. The van der Waals surface area contributed by atoms with Crippen molar-refractivity contribution in [3.63, 3.8) is 0 Å². The van der Waals surface area contributed by atoms with E-state index in [-0.39, 0.29) is 18.1 Å². The molecule has 100 valence electrons. The zero-order valence-electron chi connectivity index (χ0n) is 10.1. The minimum absolute atomic E-state index is 0.0493. The number of nitrogens with one attached hydrogen (secondary N) is 1. The third-order valence-corrected chi connectivity index (χ3v) is 4.70. The summed E-state index contributed by atoms with van der Waals surface area (Å²) in [6.45, 7) is 1.26. The molecule has 0 aliphatic carbocycles. The third-order valence-electron chi connectivity index (χ3n) is 2.91. The lowest BCUT2D eigenvalue weighted by molar-refractivity contribution is 0.0403. The van der Waals surface area contributed by atoms with Crippen molar-refractivity contribution >= 4 is 39.8 Å².